The lowest BCUT2D eigenvalue weighted by molar-refractivity contribution is 0.0326. The molecule has 1 aliphatic heterocycles. The van der Waals surface area contributed by atoms with Crippen molar-refractivity contribution < 1.29 is 9.47 Å². The van der Waals surface area contributed by atoms with Gasteiger partial charge in [-0.25, -0.2) is 19.5 Å². The Morgan fingerprint density at radius 3 is 2.78 bits per heavy atom. The van der Waals surface area contributed by atoms with Gasteiger partial charge in [-0.2, -0.15) is 0 Å². The van der Waals surface area contributed by atoms with Crippen LogP contribution in [-0.2, 0) is 9.47 Å². The zero-order chi connectivity index (χ0) is 21.7. The van der Waals surface area contributed by atoms with Crippen molar-refractivity contribution >= 4 is 22.6 Å². The van der Waals surface area contributed by atoms with E-state index in [0.29, 0.717) is 24.1 Å². The van der Waals surface area contributed by atoms with E-state index in [2.05, 4.69) is 44.0 Å². The fraction of sp³-hybridized carbons (Fsp3) is 0.478. The third kappa shape index (κ3) is 3.32. The first-order valence-corrected chi connectivity index (χ1v) is 11.3. The third-order valence-electron chi connectivity index (χ3n) is 6.77. The zero-order valence-electron chi connectivity index (χ0n) is 18.4. The fourth-order valence-electron chi connectivity index (χ4n) is 4.91. The number of imidazole rings is 1. The molecular formula is C23H27N7O2. The molecule has 1 N–H and O–H groups in total. The average molecular weight is 434 g/mol. The molecule has 0 amide bonds. The maximum absolute atomic E-state index is 5.56. The van der Waals surface area contributed by atoms with Crippen LogP contribution in [-0.4, -0.2) is 61.6 Å². The van der Waals surface area contributed by atoms with Crippen LogP contribution in [0.4, 0.5) is 5.95 Å². The molecule has 0 unspecified atom stereocenters. The number of nitrogens with zero attached hydrogens (tertiary/aromatic N) is 6. The minimum absolute atomic E-state index is 0.343. The number of aromatic nitrogens is 6. The second kappa shape index (κ2) is 7.83. The van der Waals surface area contributed by atoms with Gasteiger partial charge in [0.1, 0.15) is 5.82 Å². The van der Waals surface area contributed by atoms with Gasteiger partial charge >= 0.3 is 0 Å². The maximum Gasteiger partial charge on any atom is 0.241 e. The Bertz CT molecular complexity index is 1270. The van der Waals surface area contributed by atoms with Crippen molar-refractivity contribution in [2.24, 2.45) is 0 Å². The number of methoxy groups -OCH3 is 1. The largest absolute Gasteiger partial charge is 0.381 e. The van der Waals surface area contributed by atoms with Crippen molar-refractivity contribution in [1.29, 1.82) is 0 Å². The molecule has 4 aromatic rings. The van der Waals surface area contributed by atoms with Crippen molar-refractivity contribution in [2.45, 2.75) is 50.8 Å². The van der Waals surface area contributed by atoms with Crippen LogP contribution in [0.5, 0.6) is 0 Å². The smallest absolute Gasteiger partial charge is 0.241 e. The molecule has 0 atom stereocenters. The van der Waals surface area contributed by atoms with Crippen LogP contribution in [0.1, 0.15) is 37.5 Å². The number of hydrogen-bond donors (Lipinski definition) is 1. The molecule has 6 rings (SSSR count). The van der Waals surface area contributed by atoms with Crippen LogP contribution < -0.4 is 5.32 Å². The van der Waals surface area contributed by atoms with E-state index >= 15 is 0 Å². The van der Waals surface area contributed by atoms with Crippen LogP contribution in [0.3, 0.4) is 0 Å². The molecule has 1 saturated carbocycles. The number of anilines is 1. The number of hydrogen-bond acceptors (Lipinski definition) is 7. The second-order valence-corrected chi connectivity index (χ2v) is 8.75. The Morgan fingerprint density at radius 2 is 1.97 bits per heavy atom. The van der Waals surface area contributed by atoms with Crippen LogP contribution in [0, 0.1) is 6.92 Å². The predicted molar refractivity (Wildman–Crippen MR) is 121 cm³/mol. The summed E-state index contributed by atoms with van der Waals surface area (Å²) in [7, 11) is 1.76. The molecule has 9 nitrogen and oxygen atoms in total. The number of pyridine rings is 1. The quantitative estimate of drug-likeness (QED) is 0.516. The van der Waals surface area contributed by atoms with Crippen LogP contribution >= 0.6 is 0 Å². The summed E-state index contributed by atoms with van der Waals surface area (Å²) in [6, 6.07) is 5.03. The number of fused-ring (bicyclic) bond motifs is 2. The molecule has 5 heterocycles. The second-order valence-electron chi connectivity index (χ2n) is 8.75. The molecule has 0 bridgehead atoms. The standard InChI is InChI=1S/C23H27N7O2/c1-14-26-22-20(30(14)17-4-7-32-8-5-17)9-15(12-24-22)19-3-6-29-21(19)13-25-23(28-29)27-16-10-18(11-16)31-2/h3,6,9,12-13,16-18H,4-5,7-8,10-11H2,1-2H3,(H,27,28)/t16-,18-. The monoisotopic (exact) mass is 433 g/mol. The highest BCUT2D eigenvalue weighted by molar-refractivity contribution is 5.85. The third-order valence-corrected chi connectivity index (χ3v) is 6.77. The molecule has 2 aliphatic rings. The molecule has 0 radical (unpaired) electrons. The van der Waals surface area contributed by atoms with Crippen molar-refractivity contribution in [3.05, 3.63) is 36.5 Å². The van der Waals surface area contributed by atoms with E-state index in [1.807, 2.05) is 23.1 Å². The molecule has 1 aliphatic carbocycles. The van der Waals surface area contributed by atoms with Gasteiger partial charge in [-0.15, -0.1) is 5.10 Å². The van der Waals surface area contributed by atoms with Crippen molar-refractivity contribution in [3.8, 4) is 11.1 Å². The summed E-state index contributed by atoms with van der Waals surface area (Å²) in [5, 5.41) is 8.05. The normalized spacial score (nSPS) is 21.8. The maximum atomic E-state index is 5.56. The summed E-state index contributed by atoms with van der Waals surface area (Å²) in [5.41, 5.74) is 4.92. The topological polar surface area (TPSA) is 91.4 Å². The zero-order valence-corrected chi connectivity index (χ0v) is 18.4. The Hall–Kier alpha value is -3.04. The molecule has 2 fully saturated rings. The van der Waals surface area contributed by atoms with Gasteiger partial charge in [0.05, 0.1) is 23.3 Å². The first-order chi connectivity index (χ1) is 15.7. The molecule has 166 valence electrons. The average Bonchev–Trinajstić information content (AvgIpc) is 3.35. The van der Waals surface area contributed by atoms with E-state index in [4.69, 9.17) is 14.5 Å². The van der Waals surface area contributed by atoms with E-state index < -0.39 is 0 Å². The lowest BCUT2D eigenvalue weighted by Gasteiger charge is -2.34. The van der Waals surface area contributed by atoms with Gasteiger partial charge in [-0.1, -0.05) is 0 Å². The fourth-order valence-corrected chi connectivity index (χ4v) is 4.91. The minimum Gasteiger partial charge on any atom is -0.381 e. The molecule has 0 spiro atoms. The highest BCUT2D eigenvalue weighted by atomic mass is 16.5. The van der Waals surface area contributed by atoms with Crippen molar-refractivity contribution in [2.75, 3.05) is 25.6 Å². The molecule has 0 aromatic carbocycles. The van der Waals surface area contributed by atoms with E-state index in [1.165, 1.54) is 0 Å². The molecule has 9 heteroatoms. The Labute approximate surface area is 185 Å². The summed E-state index contributed by atoms with van der Waals surface area (Å²) in [5.74, 6) is 1.64. The van der Waals surface area contributed by atoms with Gasteiger partial charge in [0, 0.05) is 55.9 Å². The van der Waals surface area contributed by atoms with Gasteiger partial charge in [0.15, 0.2) is 5.65 Å². The first-order valence-electron chi connectivity index (χ1n) is 11.3. The van der Waals surface area contributed by atoms with Gasteiger partial charge in [-0.05, 0) is 44.7 Å². The summed E-state index contributed by atoms with van der Waals surface area (Å²) in [4.78, 5) is 13.9. The minimum atomic E-state index is 0.343. The van der Waals surface area contributed by atoms with E-state index in [1.54, 1.807) is 7.11 Å². The van der Waals surface area contributed by atoms with Gasteiger partial charge in [0.2, 0.25) is 5.95 Å². The summed E-state index contributed by atoms with van der Waals surface area (Å²) >= 11 is 0. The van der Waals surface area contributed by atoms with Gasteiger partial charge in [0.25, 0.3) is 0 Å². The van der Waals surface area contributed by atoms with Crippen molar-refractivity contribution in [3.63, 3.8) is 0 Å². The number of ether oxygens (including phenoxy) is 2. The highest BCUT2D eigenvalue weighted by Crippen LogP contribution is 2.32. The molecule has 4 aromatic heterocycles. The number of rotatable bonds is 5. The summed E-state index contributed by atoms with van der Waals surface area (Å²) < 4.78 is 15.1. The van der Waals surface area contributed by atoms with E-state index in [-0.39, 0.29) is 0 Å². The summed E-state index contributed by atoms with van der Waals surface area (Å²) in [6.45, 7) is 3.65. The van der Waals surface area contributed by atoms with Gasteiger partial charge in [-0.3, -0.25) is 0 Å². The first kappa shape index (κ1) is 19.6. The van der Waals surface area contributed by atoms with E-state index in [0.717, 1.165) is 72.5 Å². The predicted octanol–water partition coefficient (Wildman–Crippen LogP) is 3.39. The van der Waals surface area contributed by atoms with Crippen LogP contribution in [0.15, 0.2) is 30.7 Å². The Kier molecular flexibility index (Phi) is 4.80. The number of nitrogens with one attached hydrogen (secondary N) is 1. The highest BCUT2D eigenvalue weighted by Gasteiger charge is 2.29. The van der Waals surface area contributed by atoms with Gasteiger partial charge < -0.3 is 19.4 Å². The molecular weight excluding hydrogens is 406 g/mol. The molecule has 32 heavy (non-hydrogen) atoms. The van der Waals surface area contributed by atoms with E-state index in [9.17, 15) is 0 Å². The van der Waals surface area contributed by atoms with Crippen molar-refractivity contribution in [1.82, 2.24) is 29.1 Å². The lowest BCUT2D eigenvalue weighted by Crippen LogP contribution is -2.40. The summed E-state index contributed by atoms with van der Waals surface area (Å²) in [6.07, 6.45) is 10.1. The van der Waals surface area contributed by atoms with Crippen LogP contribution in [0.2, 0.25) is 0 Å². The lowest BCUT2D eigenvalue weighted by atomic mass is 9.89. The number of aryl methyl sites for hydroxylation is 1. The molecule has 1 saturated heterocycles. The van der Waals surface area contributed by atoms with Crippen LogP contribution in [0.25, 0.3) is 27.8 Å². The SMILES string of the molecule is CO[C@H]1C[C@H](Nc2ncc3c(-c4cnc5nc(C)n(C6CCOCC6)c5c4)ccn3n2)C1. The Balaban J connectivity index is 1.32. The Morgan fingerprint density at radius 1 is 1.12 bits per heavy atom.